The third-order valence-electron chi connectivity index (χ3n) is 3.17. The zero-order valence-corrected chi connectivity index (χ0v) is 12.6. The Bertz CT molecular complexity index is 366. The maximum absolute atomic E-state index is 5.96. The van der Waals surface area contributed by atoms with Crippen LogP contribution in [0.2, 0.25) is 5.02 Å². The third-order valence-corrected chi connectivity index (χ3v) is 3.40. The first kappa shape index (κ1) is 15.5. The Hall–Kier alpha value is -0.570. The predicted octanol–water partition coefficient (Wildman–Crippen LogP) is 3.80. The van der Waals surface area contributed by atoms with Gasteiger partial charge in [0.05, 0.1) is 6.61 Å². The molecule has 1 atom stereocenters. The number of hydrogen-bond donors (Lipinski definition) is 1. The van der Waals surface area contributed by atoms with Crippen molar-refractivity contribution in [1.29, 1.82) is 0 Å². The van der Waals surface area contributed by atoms with E-state index < -0.39 is 0 Å². The van der Waals surface area contributed by atoms with Gasteiger partial charge in [0.2, 0.25) is 0 Å². The van der Waals surface area contributed by atoms with Crippen molar-refractivity contribution in [3.63, 3.8) is 0 Å². The molecule has 18 heavy (non-hydrogen) atoms. The molecule has 1 unspecified atom stereocenters. The summed E-state index contributed by atoms with van der Waals surface area (Å²) in [5.74, 6) is 0.559. The lowest BCUT2D eigenvalue weighted by molar-refractivity contribution is 0.108. The molecular weight excluding hydrogens is 246 g/mol. The van der Waals surface area contributed by atoms with Crippen molar-refractivity contribution in [2.24, 2.45) is 5.92 Å². The summed E-state index contributed by atoms with van der Waals surface area (Å²) < 4.78 is 5.51. The van der Waals surface area contributed by atoms with Gasteiger partial charge in [-0.05, 0) is 43.0 Å². The van der Waals surface area contributed by atoms with Gasteiger partial charge in [-0.1, -0.05) is 31.5 Å². The topological polar surface area (TPSA) is 21.3 Å². The maximum Gasteiger partial charge on any atom is 0.0622 e. The molecule has 102 valence electrons. The van der Waals surface area contributed by atoms with Crippen molar-refractivity contribution < 1.29 is 4.74 Å². The summed E-state index contributed by atoms with van der Waals surface area (Å²) in [7, 11) is 0. The molecule has 2 nitrogen and oxygen atoms in total. The van der Waals surface area contributed by atoms with E-state index in [9.17, 15) is 0 Å². The molecule has 1 aromatic carbocycles. The van der Waals surface area contributed by atoms with Gasteiger partial charge >= 0.3 is 0 Å². The van der Waals surface area contributed by atoms with Gasteiger partial charge < -0.3 is 10.1 Å². The van der Waals surface area contributed by atoms with E-state index in [1.807, 2.05) is 19.1 Å². The van der Waals surface area contributed by atoms with Crippen LogP contribution >= 0.6 is 11.6 Å². The molecule has 1 N–H and O–H groups in total. The van der Waals surface area contributed by atoms with Gasteiger partial charge in [0.25, 0.3) is 0 Å². The molecule has 0 bridgehead atoms. The first-order valence-electron chi connectivity index (χ1n) is 6.60. The van der Waals surface area contributed by atoms with E-state index >= 15 is 0 Å². The van der Waals surface area contributed by atoms with Crippen LogP contribution in [0.15, 0.2) is 18.2 Å². The molecule has 0 aliphatic carbocycles. The lowest BCUT2D eigenvalue weighted by Crippen LogP contribution is -2.37. The molecule has 1 aromatic rings. The van der Waals surface area contributed by atoms with E-state index in [2.05, 4.69) is 32.2 Å². The van der Waals surface area contributed by atoms with Crippen LogP contribution in [0.1, 0.15) is 31.9 Å². The van der Waals surface area contributed by atoms with Crippen molar-refractivity contribution in [1.82, 2.24) is 5.32 Å². The molecule has 1 rings (SSSR count). The van der Waals surface area contributed by atoms with E-state index in [0.717, 1.165) is 24.8 Å². The molecule has 0 saturated carbocycles. The maximum atomic E-state index is 5.96. The summed E-state index contributed by atoms with van der Waals surface area (Å²) in [6.45, 7) is 10.9. The Morgan fingerprint density at radius 2 is 2.06 bits per heavy atom. The number of aryl methyl sites for hydroxylation is 1. The van der Waals surface area contributed by atoms with Gasteiger partial charge in [0, 0.05) is 24.2 Å². The molecule has 0 saturated heterocycles. The van der Waals surface area contributed by atoms with E-state index in [-0.39, 0.29) is 0 Å². The fourth-order valence-electron chi connectivity index (χ4n) is 1.83. The minimum Gasteiger partial charge on any atom is -0.380 e. The molecule has 0 spiro atoms. The highest BCUT2D eigenvalue weighted by molar-refractivity contribution is 6.30. The van der Waals surface area contributed by atoms with Crippen molar-refractivity contribution in [3.8, 4) is 0 Å². The summed E-state index contributed by atoms with van der Waals surface area (Å²) >= 11 is 5.96. The van der Waals surface area contributed by atoms with E-state index in [1.54, 1.807) is 0 Å². The summed E-state index contributed by atoms with van der Waals surface area (Å²) in [5, 5.41) is 4.36. The average molecular weight is 270 g/mol. The SMILES string of the molecule is CCOCC(NCc1ccc(Cl)cc1C)C(C)C. The van der Waals surface area contributed by atoms with Crippen LogP contribution in [0.25, 0.3) is 0 Å². The van der Waals surface area contributed by atoms with E-state index in [1.165, 1.54) is 11.1 Å². The van der Waals surface area contributed by atoms with E-state index in [4.69, 9.17) is 16.3 Å². The van der Waals surface area contributed by atoms with Crippen LogP contribution in [0.5, 0.6) is 0 Å². The number of hydrogen-bond acceptors (Lipinski definition) is 2. The number of rotatable bonds is 7. The van der Waals surface area contributed by atoms with Crippen LogP contribution in [0, 0.1) is 12.8 Å². The Morgan fingerprint density at radius 3 is 2.61 bits per heavy atom. The molecule has 0 aromatic heterocycles. The Balaban J connectivity index is 2.55. The monoisotopic (exact) mass is 269 g/mol. The van der Waals surface area contributed by atoms with Crippen LogP contribution in [0.4, 0.5) is 0 Å². The van der Waals surface area contributed by atoms with Crippen LogP contribution in [-0.2, 0) is 11.3 Å². The minimum absolute atomic E-state index is 0.389. The summed E-state index contributed by atoms with van der Waals surface area (Å²) in [5.41, 5.74) is 2.52. The summed E-state index contributed by atoms with van der Waals surface area (Å²) in [6, 6.07) is 6.42. The molecular formula is C15H24ClNO. The fraction of sp³-hybridized carbons (Fsp3) is 0.600. The Labute approximate surface area is 116 Å². The molecule has 3 heteroatoms. The van der Waals surface area contributed by atoms with Crippen LogP contribution < -0.4 is 5.32 Å². The largest absolute Gasteiger partial charge is 0.380 e. The molecule has 0 amide bonds. The van der Waals surface area contributed by atoms with Crippen LogP contribution in [-0.4, -0.2) is 19.3 Å². The summed E-state index contributed by atoms with van der Waals surface area (Å²) in [4.78, 5) is 0. The number of benzene rings is 1. The van der Waals surface area contributed by atoms with E-state index in [0.29, 0.717) is 12.0 Å². The highest BCUT2D eigenvalue weighted by Crippen LogP contribution is 2.15. The van der Waals surface area contributed by atoms with Gasteiger partial charge in [0.1, 0.15) is 0 Å². The van der Waals surface area contributed by atoms with Gasteiger partial charge in [-0.25, -0.2) is 0 Å². The standard InChI is InChI=1S/C15H24ClNO/c1-5-18-10-15(11(2)3)17-9-13-6-7-14(16)8-12(13)4/h6-8,11,15,17H,5,9-10H2,1-4H3. The van der Waals surface area contributed by atoms with Gasteiger partial charge in [-0.15, -0.1) is 0 Å². The van der Waals surface area contributed by atoms with Crippen molar-refractivity contribution >= 4 is 11.6 Å². The van der Waals surface area contributed by atoms with Crippen molar-refractivity contribution in [2.45, 2.75) is 40.3 Å². The smallest absolute Gasteiger partial charge is 0.0622 e. The Morgan fingerprint density at radius 1 is 1.33 bits per heavy atom. The zero-order chi connectivity index (χ0) is 13.5. The molecule has 0 aliphatic heterocycles. The lowest BCUT2D eigenvalue weighted by atomic mass is 10.0. The minimum atomic E-state index is 0.389. The third kappa shape index (κ3) is 4.97. The first-order valence-corrected chi connectivity index (χ1v) is 6.98. The normalized spacial score (nSPS) is 13.0. The quantitative estimate of drug-likeness (QED) is 0.813. The molecule has 0 fully saturated rings. The second kappa shape index (κ2) is 7.78. The number of halogens is 1. The molecule has 0 radical (unpaired) electrons. The highest BCUT2D eigenvalue weighted by Gasteiger charge is 2.13. The predicted molar refractivity (Wildman–Crippen MR) is 78.1 cm³/mol. The van der Waals surface area contributed by atoms with Gasteiger partial charge in [-0.2, -0.15) is 0 Å². The second-order valence-corrected chi connectivity index (χ2v) is 5.40. The molecule has 0 heterocycles. The zero-order valence-electron chi connectivity index (χ0n) is 11.8. The van der Waals surface area contributed by atoms with Crippen molar-refractivity contribution in [2.75, 3.05) is 13.2 Å². The van der Waals surface area contributed by atoms with Crippen LogP contribution in [0.3, 0.4) is 0 Å². The Kier molecular flexibility index (Phi) is 6.69. The highest BCUT2D eigenvalue weighted by atomic mass is 35.5. The second-order valence-electron chi connectivity index (χ2n) is 4.96. The molecule has 0 aliphatic rings. The summed E-state index contributed by atoms with van der Waals surface area (Å²) in [6.07, 6.45) is 0. The number of nitrogens with one attached hydrogen (secondary N) is 1. The lowest BCUT2D eigenvalue weighted by Gasteiger charge is -2.22. The van der Waals surface area contributed by atoms with Gasteiger partial charge in [-0.3, -0.25) is 0 Å². The number of ether oxygens (including phenoxy) is 1. The van der Waals surface area contributed by atoms with Gasteiger partial charge in [0.15, 0.2) is 0 Å². The average Bonchev–Trinajstić information content (AvgIpc) is 2.31. The first-order chi connectivity index (χ1) is 8.54. The van der Waals surface area contributed by atoms with Crippen molar-refractivity contribution in [3.05, 3.63) is 34.3 Å². The fourth-order valence-corrected chi connectivity index (χ4v) is 2.06.